The van der Waals surface area contributed by atoms with Crippen LogP contribution < -0.4 is 0 Å². The Morgan fingerprint density at radius 2 is 1.34 bits per heavy atom. The van der Waals surface area contributed by atoms with Crippen LogP contribution in [0.1, 0.15) is 81.1 Å². The highest BCUT2D eigenvalue weighted by molar-refractivity contribution is 5.16. The fraction of sp³-hybridized carbons (Fsp3) is 1.00. The summed E-state index contributed by atoms with van der Waals surface area (Å²) in [5, 5.41) is 0. The summed E-state index contributed by atoms with van der Waals surface area (Å²) in [4.78, 5) is 0. The minimum absolute atomic E-state index is 0.0232. The lowest BCUT2D eigenvalue weighted by atomic mass is 9.48. The summed E-state index contributed by atoms with van der Waals surface area (Å²) in [5.41, 5.74) is -1.99. The van der Waals surface area contributed by atoms with Crippen molar-refractivity contribution in [2.45, 2.75) is 105 Å². The normalized spacial score (nSPS) is 34.6. The molecule has 2 fully saturated rings. The second kappa shape index (κ2) is 8.00. The topological polar surface area (TPSA) is 0 Å². The second-order valence-corrected chi connectivity index (χ2v) is 11.9. The maximum Gasteiger partial charge on any atom is 0.377 e. The average molecular weight is 479 g/mol. The van der Waals surface area contributed by atoms with E-state index in [0.717, 1.165) is 6.42 Å². The van der Waals surface area contributed by atoms with E-state index in [1.165, 1.54) is 6.92 Å². The van der Waals surface area contributed by atoms with E-state index in [1.54, 1.807) is 0 Å². The Labute approximate surface area is 186 Å². The molecule has 0 spiro atoms. The first-order chi connectivity index (χ1) is 14.2. The first-order valence-corrected chi connectivity index (χ1v) is 11.6. The van der Waals surface area contributed by atoms with Gasteiger partial charge in [0.15, 0.2) is 0 Å². The van der Waals surface area contributed by atoms with E-state index in [4.69, 9.17) is 0 Å². The van der Waals surface area contributed by atoms with Crippen LogP contribution in [0.15, 0.2) is 0 Å². The van der Waals surface area contributed by atoms with E-state index in [2.05, 4.69) is 20.8 Å². The van der Waals surface area contributed by atoms with Gasteiger partial charge in [-0.25, -0.2) is 8.78 Å². The maximum atomic E-state index is 14.9. The molecule has 0 radical (unpaired) electrons. The molecule has 2 rings (SSSR count). The Kier molecular flexibility index (Phi) is 6.92. The van der Waals surface area contributed by atoms with Gasteiger partial charge in [0, 0.05) is 6.42 Å². The minimum Gasteiger partial charge on any atom is -0.203 e. The van der Waals surface area contributed by atoms with Gasteiger partial charge in [0.25, 0.3) is 0 Å². The molecule has 0 aromatic carbocycles. The van der Waals surface area contributed by atoms with Gasteiger partial charge in [0.1, 0.15) is 0 Å². The van der Waals surface area contributed by atoms with Crippen LogP contribution in [-0.4, -0.2) is 24.2 Å². The third-order valence-electron chi connectivity index (χ3n) is 9.50. The first kappa shape index (κ1) is 27.7. The van der Waals surface area contributed by atoms with Gasteiger partial charge >= 0.3 is 24.2 Å². The Bertz CT molecular complexity index is 683. The zero-order valence-corrected chi connectivity index (χ0v) is 20.3. The summed E-state index contributed by atoms with van der Waals surface area (Å²) in [6, 6.07) is 0. The summed E-state index contributed by atoms with van der Waals surface area (Å²) in [5.74, 6) is -18.2. The third-order valence-corrected chi connectivity index (χ3v) is 9.50. The fourth-order valence-corrected chi connectivity index (χ4v) is 7.66. The van der Waals surface area contributed by atoms with Gasteiger partial charge in [-0.15, -0.1) is 0 Å². The Balaban J connectivity index is 2.57. The highest BCUT2D eigenvalue weighted by Crippen LogP contribution is 2.74. The number of hydrogen-bond acceptors (Lipinski definition) is 0. The van der Waals surface area contributed by atoms with Crippen molar-refractivity contribution >= 4 is 0 Å². The van der Waals surface area contributed by atoms with Gasteiger partial charge in [-0.1, -0.05) is 68.2 Å². The number of alkyl halides is 8. The number of rotatable bonds is 9. The second-order valence-electron chi connectivity index (χ2n) is 11.9. The summed E-state index contributed by atoms with van der Waals surface area (Å²) >= 11 is 0. The summed E-state index contributed by atoms with van der Waals surface area (Å²) in [7, 11) is 0. The van der Waals surface area contributed by atoms with E-state index < -0.39 is 47.4 Å². The quantitative estimate of drug-likeness (QED) is 0.290. The predicted molar refractivity (Wildman–Crippen MR) is 109 cm³/mol. The van der Waals surface area contributed by atoms with Gasteiger partial charge in [0.05, 0.1) is 0 Å². The van der Waals surface area contributed by atoms with Gasteiger partial charge in [-0.05, 0) is 52.3 Å². The number of hydrogen-bond donors (Lipinski definition) is 0. The van der Waals surface area contributed by atoms with Crippen molar-refractivity contribution in [1.82, 2.24) is 0 Å². The maximum absolute atomic E-state index is 14.9. The van der Waals surface area contributed by atoms with E-state index in [-0.39, 0.29) is 29.1 Å². The fourth-order valence-electron chi connectivity index (χ4n) is 7.66. The number of fused-ring (bicyclic) bond motifs is 2. The molecule has 190 valence electrons. The lowest BCUT2D eigenvalue weighted by Crippen LogP contribution is -2.61. The Morgan fingerprint density at radius 3 is 1.75 bits per heavy atom. The van der Waals surface area contributed by atoms with Crippen LogP contribution in [0.5, 0.6) is 0 Å². The van der Waals surface area contributed by atoms with Crippen molar-refractivity contribution in [3.8, 4) is 0 Å². The van der Waals surface area contributed by atoms with Crippen LogP contribution in [0.25, 0.3) is 0 Å². The van der Waals surface area contributed by atoms with E-state index in [1.807, 2.05) is 27.7 Å². The van der Waals surface area contributed by atoms with Crippen LogP contribution in [0.2, 0.25) is 0 Å². The molecule has 0 nitrogen and oxygen atoms in total. The molecule has 32 heavy (non-hydrogen) atoms. The Hall–Kier alpha value is -0.560. The van der Waals surface area contributed by atoms with Gasteiger partial charge in [-0.2, -0.15) is 26.3 Å². The molecule has 0 amide bonds. The average Bonchev–Trinajstić information content (AvgIpc) is 3.12. The largest absolute Gasteiger partial charge is 0.377 e. The lowest BCUT2D eigenvalue weighted by Gasteiger charge is -2.57. The predicted octanol–water partition coefficient (Wildman–Crippen LogP) is 8.94. The molecular weight excluding hydrogens is 440 g/mol. The van der Waals surface area contributed by atoms with Crippen LogP contribution >= 0.6 is 0 Å². The summed E-state index contributed by atoms with van der Waals surface area (Å²) < 4.78 is 111. The molecular formula is C24H38F8. The van der Waals surface area contributed by atoms with E-state index in [0.29, 0.717) is 12.8 Å². The third kappa shape index (κ3) is 3.77. The monoisotopic (exact) mass is 478 g/mol. The van der Waals surface area contributed by atoms with Crippen LogP contribution in [-0.2, 0) is 0 Å². The summed E-state index contributed by atoms with van der Waals surface area (Å²) in [6.45, 7) is 15.4. The highest BCUT2D eigenvalue weighted by Gasteiger charge is 2.78. The molecule has 2 aliphatic rings. The number of halogens is 8. The molecule has 6 unspecified atom stereocenters. The van der Waals surface area contributed by atoms with Crippen LogP contribution in [0.4, 0.5) is 35.1 Å². The van der Waals surface area contributed by atoms with Crippen molar-refractivity contribution in [1.29, 1.82) is 0 Å². The van der Waals surface area contributed by atoms with Crippen LogP contribution in [0, 0.1) is 45.8 Å². The van der Waals surface area contributed by atoms with Crippen molar-refractivity contribution in [3.63, 3.8) is 0 Å². The molecule has 0 heterocycles. The molecule has 2 aliphatic carbocycles. The molecule has 6 atom stereocenters. The molecule has 0 aliphatic heterocycles. The smallest absolute Gasteiger partial charge is 0.203 e. The molecule has 0 N–H and O–H groups in total. The molecule has 2 bridgehead atoms. The van der Waals surface area contributed by atoms with E-state index in [9.17, 15) is 35.1 Å². The van der Waals surface area contributed by atoms with Crippen molar-refractivity contribution in [2.75, 3.05) is 0 Å². The van der Waals surface area contributed by atoms with E-state index >= 15 is 0 Å². The van der Waals surface area contributed by atoms with Crippen LogP contribution in [0.3, 0.4) is 0 Å². The summed E-state index contributed by atoms with van der Waals surface area (Å²) in [6.07, 6.45) is -4.40. The molecule has 8 heteroatoms. The Morgan fingerprint density at radius 1 is 0.875 bits per heavy atom. The van der Waals surface area contributed by atoms with Gasteiger partial charge in [0.2, 0.25) is 0 Å². The van der Waals surface area contributed by atoms with Gasteiger partial charge in [-0.3, -0.25) is 0 Å². The SMILES string of the molecule is CCC(C)(C)C1C(C)C2CC1C(C(C)(C)CC)C2(C)CC(F)(F)C(F)(F)C(F)(F)C(F)F. The minimum atomic E-state index is -6.15. The van der Waals surface area contributed by atoms with Gasteiger partial charge < -0.3 is 0 Å². The van der Waals surface area contributed by atoms with Crippen molar-refractivity contribution in [2.24, 2.45) is 45.8 Å². The molecule has 2 saturated carbocycles. The standard InChI is InChI=1S/C24H38F8/c1-9-19(4,5)16-13(3)15-11-14(16)17(20(6,7)10-2)21(15,8)12-22(27,28)24(31,32)23(29,30)18(25)26/h13-18H,9-12H2,1-8H3. The molecule has 0 saturated heterocycles. The zero-order valence-electron chi connectivity index (χ0n) is 20.3. The molecule has 0 aromatic heterocycles. The van der Waals surface area contributed by atoms with Crippen molar-refractivity contribution < 1.29 is 35.1 Å². The zero-order chi connectivity index (χ0) is 25.3. The molecule has 0 aromatic rings. The highest BCUT2D eigenvalue weighted by atomic mass is 19.4. The first-order valence-electron chi connectivity index (χ1n) is 11.6. The van der Waals surface area contributed by atoms with Crippen molar-refractivity contribution in [3.05, 3.63) is 0 Å². The lowest BCUT2D eigenvalue weighted by molar-refractivity contribution is -0.347.